The Morgan fingerprint density at radius 2 is 1.88 bits per heavy atom. The van der Waals surface area contributed by atoms with Gasteiger partial charge in [0, 0.05) is 24.5 Å². The second-order valence-corrected chi connectivity index (χ2v) is 7.54. The summed E-state index contributed by atoms with van der Waals surface area (Å²) in [5.41, 5.74) is 2.33. The van der Waals surface area contributed by atoms with Gasteiger partial charge in [0.15, 0.2) is 0 Å². The highest BCUT2D eigenvalue weighted by Crippen LogP contribution is 2.29. The zero-order valence-electron chi connectivity index (χ0n) is 13.4. The molecule has 0 aliphatic heterocycles. The Kier molecular flexibility index (Phi) is 4.35. The Hall–Kier alpha value is -1.76. The minimum atomic E-state index is 0.0586. The first-order chi connectivity index (χ1) is 11.7. The van der Waals surface area contributed by atoms with Crippen molar-refractivity contribution in [2.24, 2.45) is 0 Å². The van der Waals surface area contributed by atoms with Crippen LogP contribution in [0.15, 0.2) is 27.7 Å². The minimum absolute atomic E-state index is 0.0586. The van der Waals surface area contributed by atoms with Gasteiger partial charge in [-0.1, -0.05) is 0 Å². The standard InChI is InChI=1S/C17H20BrN5O/c18-12-9-19-17(20-10-12)21-13-4-6-14(7-5-13)23-16(24)8-11-2-1-3-15(11)22-23/h8-10,13-14H,1-7H2,(H,19,20,21). The highest BCUT2D eigenvalue weighted by atomic mass is 79.9. The number of hydrogen-bond donors (Lipinski definition) is 1. The van der Waals surface area contributed by atoms with Crippen molar-refractivity contribution in [3.63, 3.8) is 0 Å². The first-order valence-corrected chi connectivity index (χ1v) is 9.34. The topological polar surface area (TPSA) is 72.7 Å². The van der Waals surface area contributed by atoms with Crippen LogP contribution < -0.4 is 10.9 Å². The first kappa shape index (κ1) is 15.7. The van der Waals surface area contributed by atoms with E-state index >= 15 is 0 Å². The lowest BCUT2D eigenvalue weighted by atomic mass is 9.91. The van der Waals surface area contributed by atoms with Crippen LogP contribution in [0.3, 0.4) is 0 Å². The van der Waals surface area contributed by atoms with E-state index in [9.17, 15) is 4.79 Å². The zero-order valence-corrected chi connectivity index (χ0v) is 15.0. The number of aromatic nitrogens is 4. The fourth-order valence-electron chi connectivity index (χ4n) is 3.71. The number of halogens is 1. The molecule has 1 fully saturated rings. The molecule has 24 heavy (non-hydrogen) atoms. The molecule has 2 aromatic rings. The molecule has 1 saturated carbocycles. The molecule has 0 saturated heterocycles. The summed E-state index contributed by atoms with van der Waals surface area (Å²) in [7, 11) is 0. The summed E-state index contributed by atoms with van der Waals surface area (Å²) in [5, 5.41) is 8.03. The first-order valence-electron chi connectivity index (χ1n) is 8.55. The maximum atomic E-state index is 12.3. The Morgan fingerprint density at radius 3 is 2.62 bits per heavy atom. The number of rotatable bonds is 3. The fraction of sp³-hybridized carbons (Fsp3) is 0.529. The van der Waals surface area contributed by atoms with Crippen LogP contribution >= 0.6 is 15.9 Å². The number of nitrogens with zero attached hydrogens (tertiary/aromatic N) is 4. The Balaban J connectivity index is 1.41. The van der Waals surface area contributed by atoms with Crippen LogP contribution in [-0.2, 0) is 12.8 Å². The van der Waals surface area contributed by atoms with Crippen LogP contribution in [0, 0.1) is 0 Å². The quantitative estimate of drug-likeness (QED) is 0.873. The van der Waals surface area contributed by atoms with E-state index in [1.54, 1.807) is 23.1 Å². The normalized spacial score (nSPS) is 23.0. The summed E-state index contributed by atoms with van der Waals surface area (Å²) in [6.07, 6.45) is 10.5. The molecule has 0 amide bonds. The van der Waals surface area contributed by atoms with Crippen LogP contribution in [0.4, 0.5) is 5.95 Å². The van der Waals surface area contributed by atoms with Gasteiger partial charge in [-0.05, 0) is 66.4 Å². The van der Waals surface area contributed by atoms with E-state index in [1.807, 2.05) is 0 Å². The predicted octanol–water partition coefficient (Wildman–Crippen LogP) is 2.88. The van der Waals surface area contributed by atoms with Gasteiger partial charge in [0.25, 0.3) is 5.56 Å². The number of nitrogens with one attached hydrogen (secondary N) is 1. The van der Waals surface area contributed by atoms with Gasteiger partial charge >= 0.3 is 0 Å². The third-order valence-electron chi connectivity index (χ3n) is 4.98. The van der Waals surface area contributed by atoms with Gasteiger partial charge in [0.2, 0.25) is 5.95 Å². The van der Waals surface area contributed by atoms with E-state index in [-0.39, 0.29) is 11.6 Å². The lowest BCUT2D eigenvalue weighted by Gasteiger charge is -2.29. The summed E-state index contributed by atoms with van der Waals surface area (Å²) < 4.78 is 2.61. The van der Waals surface area contributed by atoms with Crippen molar-refractivity contribution in [3.05, 3.63) is 44.5 Å². The summed E-state index contributed by atoms with van der Waals surface area (Å²) in [6, 6.07) is 2.37. The Labute approximate surface area is 148 Å². The molecule has 0 atom stereocenters. The van der Waals surface area contributed by atoms with E-state index in [4.69, 9.17) is 0 Å². The van der Waals surface area contributed by atoms with Gasteiger partial charge in [-0.3, -0.25) is 4.79 Å². The van der Waals surface area contributed by atoms with Crippen molar-refractivity contribution in [1.82, 2.24) is 19.7 Å². The Morgan fingerprint density at radius 1 is 1.12 bits per heavy atom. The van der Waals surface area contributed by atoms with Crippen LogP contribution in [0.1, 0.15) is 49.4 Å². The van der Waals surface area contributed by atoms with Gasteiger partial charge < -0.3 is 5.32 Å². The number of anilines is 1. The molecular formula is C17H20BrN5O. The third kappa shape index (κ3) is 3.22. The second kappa shape index (κ2) is 6.63. The average Bonchev–Trinajstić information content (AvgIpc) is 3.04. The summed E-state index contributed by atoms with van der Waals surface area (Å²) in [4.78, 5) is 20.9. The van der Waals surface area contributed by atoms with Crippen LogP contribution in [-0.4, -0.2) is 25.8 Å². The molecule has 126 valence electrons. The van der Waals surface area contributed by atoms with E-state index in [2.05, 4.69) is 36.3 Å². The highest BCUT2D eigenvalue weighted by Gasteiger charge is 2.25. The summed E-state index contributed by atoms with van der Waals surface area (Å²) in [6.45, 7) is 0. The molecule has 1 N–H and O–H groups in total. The molecule has 0 bridgehead atoms. The summed E-state index contributed by atoms with van der Waals surface area (Å²) in [5.74, 6) is 0.662. The van der Waals surface area contributed by atoms with E-state index < -0.39 is 0 Å². The van der Waals surface area contributed by atoms with Gasteiger partial charge in [-0.25, -0.2) is 14.6 Å². The molecular weight excluding hydrogens is 370 g/mol. The smallest absolute Gasteiger partial charge is 0.267 e. The van der Waals surface area contributed by atoms with E-state index in [1.165, 1.54) is 0 Å². The predicted molar refractivity (Wildman–Crippen MR) is 95.2 cm³/mol. The molecule has 0 aromatic carbocycles. The molecule has 2 heterocycles. The van der Waals surface area contributed by atoms with Crippen molar-refractivity contribution < 1.29 is 0 Å². The van der Waals surface area contributed by atoms with Crippen molar-refractivity contribution in [1.29, 1.82) is 0 Å². The molecule has 0 spiro atoms. The molecule has 6 nitrogen and oxygen atoms in total. The lowest BCUT2D eigenvalue weighted by Crippen LogP contribution is -2.34. The molecule has 4 rings (SSSR count). The van der Waals surface area contributed by atoms with Crippen molar-refractivity contribution in [2.75, 3.05) is 5.32 Å². The molecule has 7 heteroatoms. The SMILES string of the molecule is O=c1cc2c(nn1C1CCC(Nc3ncc(Br)cn3)CC1)CCC2. The van der Waals surface area contributed by atoms with Gasteiger partial charge in [-0.2, -0.15) is 5.10 Å². The average molecular weight is 390 g/mol. The molecule has 2 aliphatic carbocycles. The van der Waals surface area contributed by atoms with E-state index in [0.29, 0.717) is 12.0 Å². The largest absolute Gasteiger partial charge is 0.351 e. The lowest BCUT2D eigenvalue weighted by molar-refractivity contribution is 0.301. The highest BCUT2D eigenvalue weighted by molar-refractivity contribution is 9.10. The maximum Gasteiger partial charge on any atom is 0.267 e. The van der Waals surface area contributed by atoms with Crippen molar-refractivity contribution in [2.45, 2.75) is 57.0 Å². The second-order valence-electron chi connectivity index (χ2n) is 6.63. The molecule has 2 aliphatic rings. The minimum Gasteiger partial charge on any atom is -0.351 e. The van der Waals surface area contributed by atoms with Crippen molar-refractivity contribution in [3.8, 4) is 0 Å². The van der Waals surface area contributed by atoms with Gasteiger partial charge in [-0.15, -0.1) is 0 Å². The van der Waals surface area contributed by atoms with Gasteiger partial charge in [0.1, 0.15) is 0 Å². The van der Waals surface area contributed by atoms with Crippen molar-refractivity contribution >= 4 is 21.9 Å². The monoisotopic (exact) mass is 389 g/mol. The third-order valence-corrected chi connectivity index (χ3v) is 5.39. The number of aryl methyl sites for hydroxylation is 2. The number of hydrogen-bond acceptors (Lipinski definition) is 5. The molecule has 0 radical (unpaired) electrons. The van der Waals surface area contributed by atoms with Crippen LogP contribution in [0.5, 0.6) is 0 Å². The fourth-order valence-corrected chi connectivity index (χ4v) is 3.92. The zero-order chi connectivity index (χ0) is 16.5. The Bertz CT molecular complexity index is 781. The molecule has 0 unspecified atom stereocenters. The summed E-state index contributed by atoms with van der Waals surface area (Å²) >= 11 is 3.34. The van der Waals surface area contributed by atoms with Crippen LogP contribution in [0.2, 0.25) is 0 Å². The number of fused-ring (bicyclic) bond motifs is 1. The van der Waals surface area contributed by atoms with Gasteiger partial charge in [0.05, 0.1) is 16.2 Å². The maximum absolute atomic E-state index is 12.3. The van der Waals surface area contributed by atoms with E-state index in [0.717, 1.165) is 60.7 Å². The molecule has 2 aromatic heterocycles. The van der Waals surface area contributed by atoms with Crippen LogP contribution in [0.25, 0.3) is 0 Å².